The zero-order chi connectivity index (χ0) is 15.0. The summed E-state index contributed by atoms with van der Waals surface area (Å²) in [6.45, 7) is 11.1. The van der Waals surface area contributed by atoms with Crippen molar-refractivity contribution in [2.45, 2.75) is 27.2 Å². The highest BCUT2D eigenvalue weighted by molar-refractivity contribution is 6.30. The van der Waals surface area contributed by atoms with E-state index in [0.717, 1.165) is 43.4 Å². The largest absolute Gasteiger partial charge is 0.494 e. The molecule has 0 saturated carbocycles. The molecule has 1 aromatic carbocycles. The van der Waals surface area contributed by atoms with Gasteiger partial charge in [-0.15, -0.1) is 0 Å². The first kappa shape index (κ1) is 17.3. The summed E-state index contributed by atoms with van der Waals surface area (Å²) in [5, 5.41) is 0.735. The summed E-state index contributed by atoms with van der Waals surface area (Å²) in [5.74, 6) is 0.875. The smallest absolute Gasteiger partial charge is 0.119 e. The molecule has 1 rings (SSSR count). The second-order valence-corrected chi connectivity index (χ2v) is 6.33. The van der Waals surface area contributed by atoms with Gasteiger partial charge in [-0.3, -0.25) is 0 Å². The Bertz CT molecular complexity index is 379. The maximum Gasteiger partial charge on any atom is 0.119 e. The Morgan fingerprint density at radius 2 is 1.90 bits per heavy atom. The number of hydrogen-bond acceptors (Lipinski definition) is 3. The predicted octanol–water partition coefficient (Wildman–Crippen LogP) is 3.42. The summed E-state index contributed by atoms with van der Waals surface area (Å²) in [6.07, 6.45) is 1.01. The van der Waals surface area contributed by atoms with E-state index >= 15 is 0 Å². The summed E-state index contributed by atoms with van der Waals surface area (Å²) < 4.78 is 5.70. The van der Waals surface area contributed by atoms with Crippen LogP contribution < -0.4 is 10.5 Å². The van der Waals surface area contributed by atoms with E-state index in [9.17, 15) is 0 Å². The average Bonchev–Trinajstić information content (AvgIpc) is 2.44. The molecule has 4 heteroatoms. The number of nitrogens with two attached hydrogens (primary N) is 1. The molecule has 1 aromatic rings. The Morgan fingerprint density at radius 3 is 2.45 bits per heavy atom. The number of hydrogen-bond donors (Lipinski definition) is 1. The lowest BCUT2D eigenvalue weighted by Gasteiger charge is -2.31. The van der Waals surface area contributed by atoms with Crippen molar-refractivity contribution in [2.24, 2.45) is 11.1 Å². The monoisotopic (exact) mass is 298 g/mol. The summed E-state index contributed by atoms with van der Waals surface area (Å²) in [4.78, 5) is 2.43. The second-order valence-electron chi connectivity index (χ2n) is 5.89. The zero-order valence-electron chi connectivity index (χ0n) is 12.9. The normalized spacial score (nSPS) is 11.9. The fourth-order valence-corrected chi connectivity index (χ4v) is 2.15. The van der Waals surface area contributed by atoms with Crippen molar-refractivity contribution in [3.05, 3.63) is 29.3 Å². The maximum absolute atomic E-state index is 5.84. The van der Waals surface area contributed by atoms with E-state index in [-0.39, 0.29) is 5.41 Å². The van der Waals surface area contributed by atoms with Crippen molar-refractivity contribution in [3.8, 4) is 5.75 Å². The van der Waals surface area contributed by atoms with Crippen LogP contribution in [0, 0.1) is 5.41 Å². The Balaban J connectivity index is 2.26. The second kappa shape index (κ2) is 8.50. The van der Waals surface area contributed by atoms with Crippen molar-refractivity contribution < 1.29 is 4.74 Å². The topological polar surface area (TPSA) is 38.5 Å². The van der Waals surface area contributed by atoms with E-state index in [2.05, 4.69) is 25.7 Å². The summed E-state index contributed by atoms with van der Waals surface area (Å²) >= 11 is 5.84. The Hall–Kier alpha value is -0.770. The quantitative estimate of drug-likeness (QED) is 0.710. The van der Waals surface area contributed by atoms with Crippen molar-refractivity contribution in [3.63, 3.8) is 0 Å². The lowest BCUT2D eigenvalue weighted by atomic mass is 9.93. The third-order valence-electron chi connectivity index (χ3n) is 3.35. The predicted molar refractivity (Wildman–Crippen MR) is 86.5 cm³/mol. The summed E-state index contributed by atoms with van der Waals surface area (Å²) in [7, 11) is 0. The van der Waals surface area contributed by atoms with E-state index in [1.54, 1.807) is 0 Å². The number of rotatable bonds is 9. The standard InChI is InChI=1S/C16H27ClN2O/c1-4-19(13-16(2,3)12-18)10-5-11-20-15-8-6-14(17)7-9-15/h6-9H,4-5,10-13,18H2,1-3H3. The number of nitrogens with zero attached hydrogens (tertiary/aromatic N) is 1. The van der Waals surface area contributed by atoms with Gasteiger partial charge in [-0.25, -0.2) is 0 Å². The van der Waals surface area contributed by atoms with E-state index in [1.807, 2.05) is 24.3 Å². The van der Waals surface area contributed by atoms with Gasteiger partial charge in [0, 0.05) is 18.1 Å². The highest BCUT2D eigenvalue weighted by atomic mass is 35.5. The Labute approximate surface area is 128 Å². The van der Waals surface area contributed by atoms with E-state index in [4.69, 9.17) is 22.1 Å². The van der Waals surface area contributed by atoms with Crippen molar-refractivity contribution in [1.29, 1.82) is 0 Å². The highest BCUT2D eigenvalue weighted by Gasteiger charge is 2.18. The molecule has 0 heterocycles. The van der Waals surface area contributed by atoms with Gasteiger partial charge in [0.2, 0.25) is 0 Å². The molecule has 0 aromatic heterocycles. The fraction of sp³-hybridized carbons (Fsp3) is 0.625. The first-order valence-electron chi connectivity index (χ1n) is 7.27. The van der Waals surface area contributed by atoms with Gasteiger partial charge in [0.25, 0.3) is 0 Å². The third kappa shape index (κ3) is 6.60. The van der Waals surface area contributed by atoms with Crippen molar-refractivity contribution in [2.75, 3.05) is 32.8 Å². The summed E-state index contributed by atoms with van der Waals surface area (Å²) in [5.41, 5.74) is 5.96. The number of ether oxygens (including phenoxy) is 1. The molecule has 0 atom stereocenters. The molecule has 0 amide bonds. The minimum Gasteiger partial charge on any atom is -0.494 e. The molecule has 0 aliphatic heterocycles. The minimum atomic E-state index is 0.174. The molecule has 0 unspecified atom stereocenters. The lowest BCUT2D eigenvalue weighted by molar-refractivity contribution is 0.176. The molecule has 0 radical (unpaired) electrons. The van der Waals surface area contributed by atoms with Gasteiger partial charge in [0.05, 0.1) is 6.61 Å². The summed E-state index contributed by atoms with van der Waals surface area (Å²) in [6, 6.07) is 7.49. The molecule has 0 aliphatic rings. The SMILES string of the molecule is CCN(CCCOc1ccc(Cl)cc1)CC(C)(C)CN. The molecule has 3 nitrogen and oxygen atoms in total. The van der Waals surface area contributed by atoms with Gasteiger partial charge >= 0.3 is 0 Å². The molecular weight excluding hydrogens is 272 g/mol. The molecule has 2 N–H and O–H groups in total. The lowest BCUT2D eigenvalue weighted by Crippen LogP contribution is -2.39. The van der Waals surface area contributed by atoms with Crippen LogP contribution >= 0.6 is 11.6 Å². The van der Waals surface area contributed by atoms with Crippen LogP contribution in [0.15, 0.2) is 24.3 Å². The van der Waals surface area contributed by atoms with Gasteiger partial charge in [-0.05, 0) is 49.2 Å². The number of benzene rings is 1. The molecule has 20 heavy (non-hydrogen) atoms. The fourth-order valence-electron chi connectivity index (χ4n) is 2.03. The van der Waals surface area contributed by atoms with E-state index in [0.29, 0.717) is 6.54 Å². The molecule has 0 aliphatic carbocycles. The molecule has 0 spiro atoms. The van der Waals surface area contributed by atoms with Gasteiger partial charge in [0.15, 0.2) is 0 Å². The van der Waals surface area contributed by atoms with Gasteiger partial charge in [-0.2, -0.15) is 0 Å². The Morgan fingerprint density at radius 1 is 1.25 bits per heavy atom. The Kier molecular flexibility index (Phi) is 7.35. The van der Waals surface area contributed by atoms with Crippen molar-refractivity contribution >= 4 is 11.6 Å². The minimum absolute atomic E-state index is 0.174. The maximum atomic E-state index is 5.84. The van der Waals surface area contributed by atoms with Crippen LogP contribution in [0.1, 0.15) is 27.2 Å². The highest BCUT2D eigenvalue weighted by Crippen LogP contribution is 2.16. The van der Waals surface area contributed by atoms with E-state index in [1.165, 1.54) is 0 Å². The average molecular weight is 299 g/mol. The van der Waals surface area contributed by atoms with E-state index < -0.39 is 0 Å². The van der Waals surface area contributed by atoms with Crippen LogP contribution in [0.2, 0.25) is 5.02 Å². The van der Waals surface area contributed by atoms with Crippen LogP contribution in [0.4, 0.5) is 0 Å². The van der Waals surface area contributed by atoms with Gasteiger partial charge < -0.3 is 15.4 Å². The molecule has 0 saturated heterocycles. The van der Waals surface area contributed by atoms with Crippen LogP contribution in [0.5, 0.6) is 5.75 Å². The molecular formula is C16H27ClN2O. The van der Waals surface area contributed by atoms with Crippen LogP contribution in [-0.2, 0) is 0 Å². The third-order valence-corrected chi connectivity index (χ3v) is 3.60. The van der Waals surface area contributed by atoms with Gasteiger partial charge in [-0.1, -0.05) is 32.4 Å². The molecule has 0 fully saturated rings. The van der Waals surface area contributed by atoms with Crippen LogP contribution in [-0.4, -0.2) is 37.7 Å². The molecule has 114 valence electrons. The van der Waals surface area contributed by atoms with Crippen LogP contribution in [0.3, 0.4) is 0 Å². The van der Waals surface area contributed by atoms with Crippen molar-refractivity contribution in [1.82, 2.24) is 4.90 Å². The first-order valence-corrected chi connectivity index (χ1v) is 7.65. The first-order chi connectivity index (χ1) is 9.46. The van der Waals surface area contributed by atoms with Gasteiger partial charge in [0.1, 0.15) is 5.75 Å². The number of halogens is 1. The van der Waals surface area contributed by atoms with Crippen LogP contribution in [0.25, 0.3) is 0 Å². The zero-order valence-corrected chi connectivity index (χ0v) is 13.6. The molecule has 0 bridgehead atoms.